The monoisotopic (exact) mass is 332 g/mol. The molecular weight excluding hydrogens is 312 g/mol. The third-order valence-electron chi connectivity index (χ3n) is 4.59. The molecule has 0 spiro atoms. The molecule has 126 valence electrons. The summed E-state index contributed by atoms with van der Waals surface area (Å²) in [5, 5.41) is 10.6. The van der Waals surface area contributed by atoms with Gasteiger partial charge in [0.2, 0.25) is 0 Å². The van der Waals surface area contributed by atoms with Crippen LogP contribution in [0.4, 0.5) is 0 Å². The van der Waals surface area contributed by atoms with Gasteiger partial charge in [0.05, 0.1) is 12.4 Å². The van der Waals surface area contributed by atoms with Gasteiger partial charge in [0.1, 0.15) is 17.4 Å². The molecular formula is C22H20O3. The minimum absolute atomic E-state index is 0.0250. The number of benzene rings is 2. The molecule has 0 radical (unpaired) electrons. The van der Waals surface area contributed by atoms with Crippen molar-refractivity contribution in [1.29, 1.82) is 0 Å². The quantitative estimate of drug-likeness (QED) is 0.692. The Morgan fingerprint density at radius 2 is 1.88 bits per heavy atom. The molecule has 4 rings (SSSR count). The SMILES string of the molecule is C=C(Cc1ccccc1CO)OC1C=Cc2oc3ccccc3c2C1. The number of para-hydroxylation sites is 1. The normalized spacial score (nSPS) is 16.0. The molecule has 3 heteroatoms. The minimum Gasteiger partial charge on any atom is -0.491 e. The maximum atomic E-state index is 9.45. The van der Waals surface area contributed by atoms with Crippen molar-refractivity contribution in [1.82, 2.24) is 0 Å². The summed E-state index contributed by atoms with van der Waals surface area (Å²) in [4.78, 5) is 0. The topological polar surface area (TPSA) is 42.6 Å². The van der Waals surface area contributed by atoms with Crippen LogP contribution in [0, 0.1) is 0 Å². The summed E-state index contributed by atoms with van der Waals surface area (Å²) in [6.45, 7) is 4.09. The fraction of sp³-hybridized carbons (Fsp3) is 0.182. The minimum atomic E-state index is -0.0534. The van der Waals surface area contributed by atoms with Crippen LogP contribution in [-0.2, 0) is 24.2 Å². The highest BCUT2D eigenvalue weighted by molar-refractivity contribution is 5.85. The molecule has 3 nitrogen and oxygen atoms in total. The van der Waals surface area contributed by atoms with Crippen molar-refractivity contribution in [3.8, 4) is 0 Å². The van der Waals surface area contributed by atoms with Gasteiger partial charge in [-0.25, -0.2) is 0 Å². The van der Waals surface area contributed by atoms with Crippen LogP contribution in [0.2, 0.25) is 0 Å². The smallest absolute Gasteiger partial charge is 0.135 e. The summed E-state index contributed by atoms with van der Waals surface area (Å²) >= 11 is 0. The summed E-state index contributed by atoms with van der Waals surface area (Å²) < 4.78 is 11.9. The average Bonchev–Trinajstić information content (AvgIpc) is 3.00. The molecule has 0 saturated heterocycles. The Morgan fingerprint density at radius 1 is 1.12 bits per heavy atom. The number of allylic oxidation sites excluding steroid dienone is 1. The van der Waals surface area contributed by atoms with E-state index in [1.807, 2.05) is 54.6 Å². The zero-order valence-electron chi connectivity index (χ0n) is 13.9. The van der Waals surface area contributed by atoms with Gasteiger partial charge in [-0.1, -0.05) is 49.0 Å². The molecule has 1 N–H and O–H groups in total. The Labute approximate surface area is 146 Å². The van der Waals surface area contributed by atoms with Crippen molar-refractivity contribution in [2.24, 2.45) is 0 Å². The standard InChI is InChI=1S/C22H20O3/c1-15(12-16-6-2-3-7-17(16)14-23)24-18-10-11-22-20(13-18)19-8-4-5-9-21(19)25-22/h2-11,18,23H,1,12-14H2. The Morgan fingerprint density at radius 3 is 2.72 bits per heavy atom. The van der Waals surface area contributed by atoms with E-state index in [0.29, 0.717) is 12.2 Å². The number of fused-ring (bicyclic) bond motifs is 3. The molecule has 1 aliphatic rings. The molecule has 25 heavy (non-hydrogen) atoms. The summed E-state index contributed by atoms with van der Waals surface area (Å²) in [7, 11) is 0. The van der Waals surface area contributed by atoms with Gasteiger partial charge in [-0.15, -0.1) is 0 Å². The molecule has 0 fully saturated rings. The van der Waals surface area contributed by atoms with Crippen molar-refractivity contribution in [3.63, 3.8) is 0 Å². The molecule has 0 saturated carbocycles. The molecule has 0 amide bonds. The average molecular weight is 332 g/mol. The highest BCUT2D eigenvalue weighted by atomic mass is 16.5. The highest BCUT2D eigenvalue weighted by Crippen LogP contribution is 2.32. The van der Waals surface area contributed by atoms with Crippen LogP contribution >= 0.6 is 0 Å². The third kappa shape index (κ3) is 3.11. The maximum absolute atomic E-state index is 9.45. The fourth-order valence-corrected chi connectivity index (χ4v) is 3.36. The summed E-state index contributed by atoms with van der Waals surface area (Å²) in [6, 6.07) is 15.9. The van der Waals surface area contributed by atoms with Crippen molar-refractivity contribution in [3.05, 3.63) is 89.4 Å². The van der Waals surface area contributed by atoms with E-state index in [2.05, 4.69) is 12.6 Å². The maximum Gasteiger partial charge on any atom is 0.135 e. The van der Waals surface area contributed by atoms with Gasteiger partial charge in [0.25, 0.3) is 0 Å². The number of ether oxygens (including phenoxy) is 1. The lowest BCUT2D eigenvalue weighted by atomic mass is 9.98. The first-order valence-corrected chi connectivity index (χ1v) is 8.45. The molecule has 1 atom stereocenters. The van der Waals surface area contributed by atoms with Crippen molar-refractivity contribution in [2.45, 2.75) is 25.6 Å². The third-order valence-corrected chi connectivity index (χ3v) is 4.59. The van der Waals surface area contributed by atoms with Crippen LogP contribution in [0.3, 0.4) is 0 Å². The molecule has 1 heterocycles. The number of aliphatic hydroxyl groups excluding tert-OH is 1. The Balaban J connectivity index is 1.48. The lowest BCUT2D eigenvalue weighted by Crippen LogP contribution is -2.16. The largest absolute Gasteiger partial charge is 0.491 e. The van der Waals surface area contributed by atoms with Crippen LogP contribution in [0.25, 0.3) is 17.0 Å². The van der Waals surface area contributed by atoms with E-state index in [0.717, 1.165) is 34.3 Å². The van der Waals surface area contributed by atoms with Crippen LogP contribution in [0.1, 0.15) is 22.5 Å². The van der Waals surface area contributed by atoms with Crippen LogP contribution < -0.4 is 0 Å². The van der Waals surface area contributed by atoms with Crippen LogP contribution in [0.15, 0.2) is 71.4 Å². The predicted molar refractivity (Wildman–Crippen MR) is 99.0 cm³/mol. The molecule has 1 aromatic heterocycles. The molecule has 0 bridgehead atoms. The van der Waals surface area contributed by atoms with E-state index >= 15 is 0 Å². The Kier molecular flexibility index (Phi) is 4.16. The zero-order chi connectivity index (χ0) is 17.2. The Bertz CT molecular complexity index is 949. The first kappa shape index (κ1) is 15.7. The van der Waals surface area contributed by atoms with Gasteiger partial charge in [0.15, 0.2) is 0 Å². The molecule has 2 aromatic carbocycles. The first-order valence-electron chi connectivity index (χ1n) is 8.45. The number of aliphatic hydroxyl groups is 1. The number of furan rings is 1. The van der Waals surface area contributed by atoms with E-state index in [9.17, 15) is 5.11 Å². The van der Waals surface area contributed by atoms with E-state index < -0.39 is 0 Å². The van der Waals surface area contributed by atoms with Gasteiger partial charge in [-0.05, 0) is 29.3 Å². The molecule has 0 aliphatic heterocycles. The van der Waals surface area contributed by atoms with Crippen LogP contribution in [0.5, 0.6) is 0 Å². The number of hydrogen-bond acceptors (Lipinski definition) is 3. The second-order valence-corrected chi connectivity index (χ2v) is 6.30. The van der Waals surface area contributed by atoms with Gasteiger partial charge in [-0.2, -0.15) is 0 Å². The van der Waals surface area contributed by atoms with E-state index in [1.54, 1.807) is 0 Å². The fourth-order valence-electron chi connectivity index (χ4n) is 3.36. The molecule has 3 aromatic rings. The zero-order valence-corrected chi connectivity index (χ0v) is 13.9. The lowest BCUT2D eigenvalue weighted by molar-refractivity contribution is 0.150. The summed E-state index contributed by atoms with van der Waals surface area (Å²) in [5.74, 6) is 1.61. The van der Waals surface area contributed by atoms with Gasteiger partial charge >= 0.3 is 0 Å². The first-order chi connectivity index (χ1) is 12.2. The Hall–Kier alpha value is -2.78. The van der Waals surface area contributed by atoms with Crippen molar-refractivity contribution < 1.29 is 14.3 Å². The van der Waals surface area contributed by atoms with Gasteiger partial charge in [0, 0.05) is 23.8 Å². The van der Waals surface area contributed by atoms with Gasteiger partial charge in [-0.3, -0.25) is 0 Å². The second-order valence-electron chi connectivity index (χ2n) is 6.30. The number of rotatable bonds is 5. The van der Waals surface area contributed by atoms with Crippen molar-refractivity contribution in [2.75, 3.05) is 0 Å². The van der Waals surface area contributed by atoms with E-state index in [-0.39, 0.29) is 12.7 Å². The molecule has 1 aliphatic carbocycles. The van der Waals surface area contributed by atoms with E-state index in [1.165, 1.54) is 5.56 Å². The summed E-state index contributed by atoms with van der Waals surface area (Å²) in [6.07, 6.45) is 5.32. The van der Waals surface area contributed by atoms with Gasteiger partial charge < -0.3 is 14.3 Å². The van der Waals surface area contributed by atoms with E-state index in [4.69, 9.17) is 9.15 Å². The summed E-state index contributed by atoms with van der Waals surface area (Å²) in [5.41, 5.74) is 4.05. The van der Waals surface area contributed by atoms with Crippen LogP contribution in [-0.4, -0.2) is 11.2 Å². The second kappa shape index (κ2) is 6.61. The highest BCUT2D eigenvalue weighted by Gasteiger charge is 2.21. The predicted octanol–water partition coefficient (Wildman–Crippen LogP) is 4.64. The number of hydrogen-bond donors (Lipinski definition) is 1. The lowest BCUT2D eigenvalue weighted by Gasteiger charge is -2.20. The molecule has 1 unspecified atom stereocenters. The van der Waals surface area contributed by atoms with Crippen molar-refractivity contribution >= 4 is 17.0 Å².